The van der Waals surface area contributed by atoms with Crippen LogP contribution >= 0.6 is 11.8 Å². The molecule has 6 nitrogen and oxygen atoms in total. The van der Waals surface area contributed by atoms with Gasteiger partial charge in [0.25, 0.3) is 5.91 Å². The molecule has 1 atom stereocenters. The van der Waals surface area contributed by atoms with Gasteiger partial charge in [-0.1, -0.05) is 0 Å². The highest BCUT2D eigenvalue weighted by molar-refractivity contribution is 8.00. The van der Waals surface area contributed by atoms with E-state index in [2.05, 4.69) is 10.6 Å². The van der Waals surface area contributed by atoms with E-state index >= 15 is 0 Å². The number of carboxylic acid groups (broad SMARTS) is 1. The van der Waals surface area contributed by atoms with Gasteiger partial charge in [-0.3, -0.25) is 14.9 Å². The quantitative estimate of drug-likeness (QED) is 0.511. The van der Waals surface area contributed by atoms with Crippen molar-refractivity contribution in [2.24, 2.45) is 0 Å². The van der Waals surface area contributed by atoms with E-state index in [0.717, 1.165) is 11.8 Å². The van der Waals surface area contributed by atoms with Gasteiger partial charge in [-0.15, -0.1) is 11.8 Å². The van der Waals surface area contributed by atoms with Crippen molar-refractivity contribution in [3.05, 3.63) is 0 Å². The molecule has 7 heteroatoms. The van der Waals surface area contributed by atoms with E-state index in [1.54, 1.807) is 0 Å². The zero-order valence-corrected chi connectivity index (χ0v) is 7.39. The molecule has 1 rings (SSSR count). The Balaban J connectivity index is 2.26. The standard InChI is InChI=1S/C6H8N2O4S/c9-4(10)2-13-1-3-5(11)8-6(12)7-3/h3H,1-2H2,(H,9,10)(H2,7,8,11,12). The lowest BCUT2D eigenvalue weighted by Gasteiger charge is -2.03. The van der Waals surface area contributed by atoms with E-state index in [0.29, 0.717) is 0 Å². The number of hydrogen-bond acceptors (Lipinski definition) is 4. The summed E-state index contributed by atoms with van der Waals surface area (Å²) >= 11 is 1.09. The summed E-state index contributed by atoms with van der Waals surface area (Å²) in [5.74, 6) is -1.12. The number of carbonyl (C=O) groups excluding carboxylic acids is 2. The second kappa shape index (κ2) is 4.13. The molecule has 1 unspecified atom stereocenters. The molecule has 0 aliphatic carbocycles. The van der Waals surface area contributed by atoms with Crippen LogP contribution in [0.2, 0.25) is 0 Å². The summed E-state index contributed by atoms with van der Waals surface area (Å²) in [4.78, 5) is 31.6. The molecule has 72 valence electrons. The lowest BCUT2D eigenvalue weighted by Crippen LogP contribution is -2.31. The number of amides is 3. The molecule has 0 spiro atoms. The first kappa shape index (κ1) is 9.85. The van der Waals surface area contributed by atoms with Crippen LogP contribution in [0.3, 0.4) is 0 Å². The summed E-state index contributed by atoms with van der Waals surface area (Å²) < 4.78 is 0. The average Bonchev–Trinajstić information content (AvgIpc) is 2.29. The summed E-state index contributed by atoms with van der Waals surface area (Å²) in [6.45, 7) is 0. The van der Waals surface area contributed by atoms with Crippen LogP contribution in [0.25, 0.3) is 0 Å². The average molecular weight is 204 g/mol. The highest BCUT2D eigenvalue weighted by Crippen LogP contribution is 2.05. The Kier molecular flexibility index (Phi) is 3.13. The number of aliphatic carboxylic acids is 1. The third-order valence-electron chi connectivity index (χ3n) is 1.37. The van der Waals surface area contributed by atoms with Gasteiger partial charge < -0.3 is 10.4 Å². The third-order valence-corrected chi connectivity index (χ3v) is 2.39. The summed E-state index contributed by atoms with van der Waals surface area (Å²) in [5, 5.41) is 12.7. The molecule has 1 heterocycles. The van der Waals surface area contributed by atoms with Gasteiger partial charge in [-0.2, -0.15) is 0 Å². The van der Waals surface area contributed by atoms with E-state index in [1.807, 2.05) is 0 Å². The normalized spacial score (nSPS) is 21.1. The fraction of sp³-hybridized carbons (Fsp3) is 0.500. The molecule has 1 fully saturated rings. The largest absolute Gasteiger partial charge is 0.481 e. The highest BCUT2D eigenvalue weighted by atomic mass is 32.2. The van der Waals surface area contributed by atoms with Gasteiger partial charge in [0.05, 0.1) is 5.75 Å². The fourth-order valence-corrected chi connectivity index (χ4v) is 1.60. The number of urea groups is 1. The van der Waals surface area contributed by atoms with Crippen molar-refractivity contribution in [3.63, 3.8) is 0 Å². The van der Waals surface area contributed by atoms with Crippen molar-refractivity contribution in [1.29, 1.82) is 0 Å². The molecule has 3 amide bonds. The van der Waals surface area contributed by atoms with Crippen LogP contribution in [0, 0.1) is 0 Å². The Morgan fingerprint density at radius 1 is 1.54 bits per heavy atom. The molecule has 0 bridgehead atoms. The summed E-state index contributed by atoms with van der Waals surface area (Å²) in [7, 11) is 0. The Hall–Kier alpha value is -1.24. The van der Waals surface area contributed by atoms with E-state index in [9.17, 15) is 14.4 Å². The minimum atomic E-state index is -0.935. The monoisotopic (exact) mass is 204 g/mol. The van der Waals surface area contributed by atoms with Crippen LogP contribution < -0.4 is 10.6 Å². The van der Waals surface area contributed by atoms with E-state index in [-0.39, 0.29) is 11.5 Å². The van der Waals surface area contributed by atoms with Crippen molar-refractivity contribution in [1.82, 2.24) is 10.6 Å². The predicted molar refractivity (Wildman–Crippen MR) is 45.4 cm³/mol. The number of hydrogen-bond donors (Lipinski definition) is 3. The molecule has 0 radical (unpaired) electrons. The van der Waals surface area contributed by atoms with Crippen LogP contribution in [0.5, 0.6) is 0 Å². The van der Waals surface area contributed by atoms with Gasteiger partial charge in [0.15, 0.2) is 0 Å². The van der Waals surface area contributed by atoms with Crippen molar-refractivity contribution < 1.29 is 19.5 Å². The Bertz CT molecular complexity index is 255. The molecule has 1 aliphatic heterocycles. The molecule has 3 N–H and O–H groups in total. The van der Waals surface area contributed by atoms with Gasteiger partial charge in [0.1, 0.15) is 6.04 Å². The number of thioether (sulfide) groups is 1. The van der Waals surface area contributed by atoms with Gasteiger partial charge in [0.2, 0.25) is 0 Å². The minimum absolute atomic E-state index is 0.0698. The SMILES string of the molecule is O=C(O)CSCC1NC(=O)NC1=O. The van der Waals surface area contributed by atoms with Gasteiger partial charge in [-0.05, 0) is 0 Å². The fourth-order valence-electron chi connectivity index (χ4n) is 0.840. The second-order valence-electron chi connectivity index (χ2n) is 2.42. The predicted octanol–water partition coefficient (Wildman–Crippen LogP) is -0.988. The lowest BCUT2D eigenvalue weighted by molar-refractivity contribution is -0.134. The minimum Gasteiger partial charge on any atom is -0.481 e. The summed E-state index contributed by atoms with van der Waals surface area (Å²) in [6.07, 6.45) is 0. The van der Waals surface area contributed by atoms with Crippen LogP contribution in [-0.4, -0.2) is 40.6 Å². The smallest absolute Gasteiger partial charge is 0.322 e. The van der Waals surface area contributed by atoms with Crippen molar-refractivity contribution >= 4 is 29.7 Å². The topological polar surface area (TPSA) is 95.5 Å². The number of carbonyl (C=O) groups is 3. The van der Waals surface area contributed by atoms with Crippen LogP contribution in [0.15, 0.2) is 0 Å². The molecular formula is C6H8N2O4S. The van der Waals surface area contributed by atoms with Crippen molar-refractivity contribution in [2.45, 2.75) is 6.04 Å². The lowest BCUT2D eigenvalue weighted by atomic mass is 10.3. The zero-order valence-electron chi connectivity index (χ0n) is 6.57. The van der Waals surface area contributed by atoms with Gasteiger partial charge in [0, 0.05) is 5.75 Å². The Morgan fingerprint density at radius 3 is 2.69 bits per heavy atom. The van der Waals surface area contributed by atoms with Crippen LogP contribution in [0.1, 0.15) is 0 Å². The van der Waals surface area contributed by atoms with E-state index < -0.39 is 23.9 Å². The molecule has 0 saturated carbocycles. The number of carboxylic acids is 1. The van der Waals surface area contributed by atoms with Crippen LogP contribution in [0.4, 0.5) is 4.79 Å². The van der Waals surface area contributed by atoms with Crippen molar-refractivity contribution in [2.75, 3.05) is 11.5 Å². The van der Waals surface area contributed by atoms with E-state index in [4.69, 9.17) is 5.11 Å². The summed E-state index contributed by atoms with van der Waals surface area (Å²) in [5.41, 5.74) is 0. The number of rotatable bonds is 4. The zero-order chi connectivity index (χ0) is 9.84. The molecule has 1 aliphatic rings. The molecule has 13 heavy (non-hydrogen) atoms. The Labute approximate surface area is 78.1 Å². The first-order valence-electron chi connectivity index (χ1n) is 3.50. The molecular weight excluding hydrogens is 196 g/mol. The molecule has 0 aromatic heterocycles. The highest BCUT2D eigenvalue weighted by Gasteiger charge is 2.28. The molecule has 0 aromatic carbocycles. The van der Waals surface area contributed by atoms with Gasteiger partial charge in [-0.25, -0.2) is 4.79 Å². The van der Waals surface area contributed by atoms with Crippen molar-refractivity contribution in [3.8, 4) is 0 Å². The van der Waals surface area contributed by atoms with Crippen LogP contribution in [-0.2, 0) is 9.59 Å². The Morgan fingerprint density at radius 2 is 2.23 bits per heavy atom. The first-order chi connectivity index (χ1) is 6.09. The third kappa shape index (κ3) is 2.94. The maximum Gasteiger partial charge on any atom is 0.322 e. The molecule has 0 aromatic rings. The molecule has 1 saturated heterocycles. The number of nitrogens with one attached hydrogen (secondary N) is 2. The number of imide groups is 1. The first-order valence-corrected chi connectivity index (χ1v) is 4.66. The second-order valence-corrected chi connectivity index (χ2v) is 3.45. The van der Waals surface area contributed by atoms with E-state index in [1.165, 1.54) is 0 Å². The summed E-state index contributed by atoms with van der Waals surface area (Å²) in [6, 6.07) is -1.12. The maximum absolute atomic E-state index is 10.9. The van der Waals surface area contributed by atoms with Gasteiger partial charge >= 0.3 is 12.0 Å². The maximum atomic E-state index is 10.9.